The first kappa shape index (κ1) is 11.7. The molecule has 0 aliphatic heterocycles. The van der Waals surface area contributed by atoms with Gasteiger partial charge < -0.3 is 11.1 Å². The summed E-state index contributed by atoms with van der Waals surface area (Å²) >= 11 is 5.83. The summed E-state index contributed by atoms with van der Waals surface area (Å²) in [6, 6.07) is 12.1. The molecule has 0 amide bonds. The number of nitrogens with two attached hydrogens (primary N) is 1. The van der Waals surface area contributed by atoms with Gasteiger partial charge in [-0.1, -0.05) is 41.9 Å². The number of halogens is 1. The zero-order valence-electron chi connectivity index (χ0n) is 9.36. The van der Waals surface area contributed by atoms with E-state index in [2.05, 4.69) is 22.4 Å². The Morgan fingerprint density at radius 3 is 2.71 bits per heavy atom. The highest BCUT2D eigenvalue weighted by atomic mass is 35.5. The fourth-order valence-electron chi connectivity index (χ4n) is 1.59. The van der Waals surface area contributed by atoms with Gasteiger partial charge >= 0.3 is 0 Å². The van der Waals surface area contributed by atoms with Gasteiger partial charge in [-0.3, -0.25) is 0 Å². The Morgan fingerprint density at radius 1 is 1.18 bits per heavy atom. The molecule has 0 atom stereocenters. The van der Waals surface area contributed by atoms with Crippen LogP contribution >= 0.6 is 11.6 Å². The summed E-state index contributed by atoms with van der Waals surface area (Å²) in [7, 11) is 0. The van der Waals surface area contributed by atoms with E-state index in [-0.39, 0.29) is 0 Å². The molecule has 1 heterocycles. The fraction of sp³-hybridized carbons (Fsp3) is 0.154. The average Bonchev–Trinajstić information content (AvgIpc) is 2.36. The number of nitrogens with one attached hydrogen (secondary N) is 1. The maximum Gasteiger partial charge on any atom is 0.153 e. The van der Waals surface area contributed by atoms with Crippen LogP contribution in [-0.2, 0) is 6.42 Å². The summed E-state index contributed by atoms with van der Waals surface area (Å²) in [6.45, 7) is 0.814. The largest absolute Gasteiger partial charge is 0.395 e. The third-order valence-electron chi connectivity index (χ3n) is 2.51. The third-order valence-corrected chi connectivity index (χ3v) is 2.81. The van der Waals surface area contributed by atoms with Crippen molar-refractivity contribution in [1.82, 2.24) is 4.98 Å². The van der Waals surface area contributed by atoms with Crippen LogP contribution in [0.4, 0.5) is 11.4 Å². The number of benzene rings is 1. The van der Waals surface area contributed by atoms with Gasteiger partial charge in [-0.25, -0.2) is 4.98 Å². The molecule has 17 heavy (non-hydrogen) atoms. The summed E-state index contributed by atoms with van der Waals surface area (Å²) < 4.78 is 0. The summed E-state index contributed by atoms with van der Waals surface area (Å²) in [5, 5.41) is 3.60. The number of aromatic nitrogens is 1. The molecule has 0 fully saturated rings. The molecule has 3 N–H and O–H groups in total. The van der Waals surface area contributed by atoms with Crippen molar-refractivity contribution < 1.29 is 0 Å². The Morgan fingerprint density at radius 2 is 1.94 bits per heavy atom. The van der Waals surface area contributed by atoms with Crippen LogP contribution < -0.4 is 11.1 Å². The molecule has 0 bridgehead atoms. The summed E-state index contributed by atoms with van der Waals surface area (Å²) in [5.41, 5.74) is 8.43. The molecule has 0 saturated carbocycles. The first-order valence-corrected chi connectivity index (χ1v) is 5.83. The predicted octanol–water partition coefficient (Wildman–Crippen LogP) is 2.97. The van der Waals surface area contributed by atoms with Gasteiger partial charge in [-0.15, -0.1) is 0 Å². The van der Waals surface area contributed by atoms with Gasteiger partial charge in [-0.05, 0) is 18.1 Å². The number of hydrogen-bond donors (Lipinski definition) is 2. The summed E-state index contributed by atoms with van der Waals surface area (Å²) in [6.07, 6.45) is 2.59. The van der Waals surface area contributed by atoms with Crippen LogP contribution in [0.1, 0.15) is 5.56 Å². The molecule has 0 aliphatic carbocycles. The number of nitrogen functional groups attached to an aromatic ring is 1. The number of anilines is 2. The molecular weight excluding hydrogens is 234 g/mol. The van der Waals surface area contributed by atoms with Crippen molar-refractivity contribution in [2.45, 2.75) is 6.42 Å². The minimum atomic E-state index is 0.342. The Balaban J connectivity index is 1.93. The number of hydrogen-bond acceptors (Lipinski definition) is 3. The molecule has 88 valence electrons. The maximum absolute atomic E-state index is 5.83. The Bertz CT molecular complexity index is 485. The second-order valence-corrected chi connectivity index (χ2v) is 4.08. The average molecular weight is 248 g/mol. The van der Waals surface area contributed by atoms with E-state index in [1.807, 2.05) is 24.3 Å². The monoisotopic (exact) mass is 247 g/mol. The fourth-order valence-corrected chi connectivity index (χ4v) is 1.75. The van der Waals surface area contributed by atoms with Crippen molar-refractivity contribution in [3.05, 3.63) is 53.3 Å². The highest BCUT2D eigenvalue weighted by Crippen LogP contribution is 2.24. The van der Waals surface area contributed by atoms with E-state index in [1.54, 1.807) is 6.20 Å². The van der Waals surface area contributed by atoms with Crippen LogP contribution in [0.3, 0.4) is 0 Å². The molecule has 0 unspecified atom stereocenters. The summed E-state index contributed by atoms with van der Waals surface area (Å²) in [5.74, 6) is 0. The van der Waals surface area contributed by atoms with Gasteiger partial charge in [0.25, 0.3) is 0 Å². The van der Waals surface area contributed by atoms with Crippen molar-refractivity contribution in [2.24, 2.45) is 0 Å². The highest BCUT2D eigenvalue weighted by Gasteiger charge is 2.02. The molecule has 3 nitrogen and oxygen atoms in total. The molecule has 0 spiro atoms. The lowest BCUT2D eigenvalue weighted by Crippen LogP contribution is -2.07. The number of pyridine rings is 1. The van der Waals surface area contributed by atoms with Gasteiger partial charge in [0, 0.05) is 12.7 Å². The van der Waals surface area contributed by atoms with Crippen LogP contribution in [0.15, 0.2) is 42.6 Å². The Hall–Kier alpha value is -1.74. The standard InChI is InChI=1S/C13H14ClN3/c14-13-12(15)11(7-9-17-13)16-8-6-10-4-2-1-3-5-10/h1-5,7,9H,6,8,15H2,(H,16,17). The van der Waals surface area contributed by atoms with Crippen molar-refractivity contribution in [2.75, 3.05) is 17.6 Å². The smallest absolute Gasteiger partial charge is 0.153 e. The Labute approximate surface area is 106 Å². The van der Waals surface area contributed by atoms with E-state index >= 15 is 0 Å². The number of nitrogens with zero attached hydrogens (tertiary/aromatic N) is 1. The molecule has 2 rings (SSSR count). The first-order valence-electron chi connectivity index (χ1n) is 5.45. The first-order chi connectivity index (χ1) is 8.27. The van der Waals surface area contributed by atoms with Crippen LogP contribution in [0.2, 0.25) is 5.15 Å². The minimum absolute atomic E-state index is 0.342. The van der Waals surface area contributed by atoms with E-state index in [9.17, 15) is 0 Å². The molecule has 2 aromatic rings. The normalized spacial score (nSPS) is 10.2. The minimum Gasteiger partial charge on any atom is -0.395 e. The maximum atomic E-state index is 5.83. The summed E-state index contributed by atoms with van der Waals surface area (Å²) in [4.78, 5) is 3.91. The molecular formula is C13H14ClN3. The van der Waals surface area contributed by atoms with Gasteiger partial charge in [0.15, 0.2) is 5.15 Å². The lowest BCUT2D eigenvalue weighted by molar-refractivity contribution is 1.02. The van der Waals surface area contributed by atoms with Crippen LogP contribution in [-0.4, -0.2) is 11.5 Å². The van der Waals surface area contributed by atoms with Gasteiger partial charge in [0.2, 0.25) is 0 Å². The topological polar surface area (TPSA) is 50.9 Å². The number of rotatable bonds is 4. The molecule has 0 aliphatic rings. The van der Waals surface area contributed by atoms with Gasteiger partial charge in [0.05, 0.1) is 11.4 Å². The third kappa shape index (κ3) is 3.11. The quantitative estimate of drug-likeness (QED) is 0.817. The Kier molecular flexibility index (Phi) is 3.83. The van der Waals surface area contributed by atoms with Crippen molar-refractivity contribution in [3.63, 3.8) is 0 Å². The SMILES string of the molecule is Nc1c(NCCc2ccccc2)ccnc1Cl. The van der Waals surface area contributed by atoms with Crippen molar-refractivity contribution in [1.29, 1.82) is 0 Å². The van der Waals surface area contributed by atoms with E-state index in [4.69, 9.17) is 17.3 Å². The molecule has 4 heteroatoms. The van der Waals surface area contributed by atoms with Crippen LogP contribution in [0.25, 0.3) is 0 Å². The van der Waals surface area contributed by atoms with Gasteiger partial charge in [0.1, 0.15) is 0 Å². The van der Waals surface area contributed by atoms with Crippen LogP contribution in [0.5, 0.6) is 0 Å². The molecule has 0 saturated heterocycles. The lowest BCUT2D eigenvalue weighted by atomic mass is 10.1. The zero-order valence-corrected chi connectivity index (χ0v) is 10.1. The van der Waals surface area contributed by atoms with E-state index in [0.29, 0.717) is 10.8 Å². The molecule has 1 aromatic heterocycles. The van der Waals surface area contributed by atoms with E-state index < -0.39 is 0 Å². The lowest BCUT2D eigenvalue weighted by Gasteiger charge is -2.09. The highest BCUT2D eigenvalue weighted by molar-refractivity contribution is 6.32. The predicted molar refractivity (Wildman–Crippen MR) is 72.3 cm³/mol. The van der Waals surface area contributed by atoms with Gasteiger partial charge in [-0.2, -0.15) is 0 Å². The zero-order chi connectivity index (χ0) is 12.1. The van der Waals surface area contributed by atoms with Crippen LogP contribution in [0, 0.1) is 0 Å². The van der Waals surface area contributed by atoms with E-state index in [1.165, 1.54) is 5.56 Å². The molecule has 1 aromatic carbocycles. The van der Waals surface area contributed by atoms with Crippen molar-refractivity contribution in [3.8, 4) is 0 Å². The van der Waals surface area contributed by atoms with Crippen molar-refractivity contribution >= 4 is 23.0 Å². The van der Waals surface area contributed by atoms with E-state index in [0.717, 1.165) is 18.7 Å². The molecule has 0 radical (unpaired) electrons. The second kappa shape index (κ2) is 5.55. The second-order valence-electron chi connectivity index (χ2n) is 3.73.